The molecular formula is C14H26. The predicted octanol–water partition coefficient (Wildman–Crippen LogP) is 4.97. The van der Waals surface area contributed by atoms with Gasteiger partial charge in [-0.3, -0.25) is 0 Å². The van der Waals surface area contributed by atoms with Crippen molar-refractivity contribution in [3.05, 3.63) is 26.0 Å². The Hall–Kier alpha value is -0.260. The number of allylic oxidation sites excluding steroid dienone is 2. The van der Waals surface area contributed by atoms with Gasteiger partial charge in [0.1, 0.15) is 0 Å². The van der Waals surface area contributed by atoms with E-state index in [1.807, 2.05) is 6.08 Å². The van der Waals surface area contributed by atoms with Crippen molar-refractivity contribution in [2.75, 3.05) is 0 Å². The van der Waals surface area contributed by atoms with E-state index in [0.29, 0.717) is 0 Å². The monoisotopic (exact) mass is 194 g/mol. The van der Waals surface area contributed by atoms with Gasteiger partial charge in [-0.2, -0.15) is 0 Å². The van der Waals surface area contributed by atoms with E-state index in [4.69, 9.17) is 0 Å². The molecular weight excluding hydrogens is 168 g/mol. The van der Waals surface area contributed by atoms with Crippen molar-refractivity contribution in [3.63, 3.8) is 0 Å². The molecule has 0 aliphatic heterocycles. The highest BCUT2D eigenvalue weighted by Crippen LogP contribution is 2.20. The van der Waals surface area contributed by atoms with Gasteiger partial charge >= 0.3 is 0 Å². The molecule has 0 aliphatic carbocycles. The standard InChI is InChI=1S/C14H26/c1-4-7-10-13-14(11-8-5-2)12-9-6-3/h5,8,14H,1-2,4,6-7,9-13H2,3H3. The van der Waals surface area contributed by atoms with Crippen molar-refractivity contribution in [1.82, 2.24) is 0 Å². The molecule has 0 aromatic heterocycles. The van der Waals surface area contributed by atoms with Crippen LogP contribution in [0.5, 0.6) is 0 Å². The van der Waals surface area contributed by atoms with Crippen LogP contribution < -0.4 is 0 Å². The van der Waals surface area contributed by atoms with Gasteiger partial charge in [0.05, 0.1) is 0 Å². The van der Waals surface area contributed by atoms with Crippen LogP contribution in [0.1, 0.15) is 58.3 Å². The maximum absolute atomic E-state index is 3.88. The lowest BCUT2D eigenvalue weighted by Crippen LogP contribution is -1.99. The van der Waals surface area contributed by atoms with Crippen LogP contribution in [0.2, 0.25) is 0 Å². The van der Waals surface area contributed by atoms with Gasteiger partial charge in [-0.15, -0.1) is 0 Å². The van der Waals surface area contributed by atoms with Crippen LogP contribution in [0.15, 0.2) is 12.2 Å². The summed E-state index contributed by atoms with van der Waals surface area (Å²) in [4.78, 5) is 0. The van der Waals surface area contributed by atoms with E-state index >= 15 is 0 Å². The molecule has 0 rings (SSSR count). The second kappa shape index (κ2) is 10.8. The molecule has 0 fully saturated rings. The molecule has 2 radical (unpaired) electrons. The van der Waals surface area contributed by atoms with Crippen molar-refractivity contribution in [3.8, 4) is 0 Å². The summed E-state index contributed by atoms with van der Waals surface area (Å²) in [7, 11) is 0. The van der Waals surface area contributed by atoms with E-state index in [1.54, 1.807) is 0 Å². The Morgan fingerprint density at radius 1 is 1.14 bits per heavy atom. The zero-order chi connectivity index (χ0) is 10.6. The Kier molecular flexibility index (Phi) is 10.6. The van der Waals surface area contributed by atoms with Gasteiger partial charge < -0.3 is 0 Å². The van der Waals surface area contributed by atoms with Crippen molar-refractivity contribution in [1.29, 1.82) is 0 Å². The summed E-state index contributed by atoms with van der Waals surface area (Å²) in [5.74, 6) is 0.888. The fraction of sp³-hybridized carbons (Fsp3) is 0.714. The summed E-state index contributed by atoms with van der Waals surface area (Å²) >= 11 is 0. The lowest BCUT2D eigenvalue weighted by Gasteiger charge is -2.14. The summed E-state index contributed by atoms with van der Waals surface area (Å²) in [6, 6.07) is 0. The number of hydrogen-bond donors (Lipinski definition) is 0. The van der Waals surface area contributed by atoms with Crippen LogP contribution in [0.3, 0.4) is 0 Å². The molecule has 0 aromatic rings. The maximum Gasteiger partial charge on any atom is -0.0316 e. The summed E-state index contributed by atoms with van der Waals surface area (Å²) in [6.45, 7) is 9.89. The van der Waals surface area contributed by atoms with Gasteiger partial charge in [0.2, 0.25) is 0 Å². The first-order chi connectivity index (χ1) is 6.85. The van der Waals surface area contributed by atoms with E-state index in [0.717, 1.165) is 12.3 Å². The maximum atomic E-state index is 3.88. The summed E-state index contributed by atoms with van der Waals surface area (Å²) in [5.41, 5.74) is 0. The first-order valence-corrected chi connectivity index (χ1v) is 6.08. The van der Waals surface area contributed by atoms with Crippen LogP contribution >= 0.6 is 0 Å². The lowest BCUT2D eigenvalue weighted by atomic mass is 9.92. The summed E-state index contributed by atoms with van der Waals surface area (Å²) < 4.78 is 0. The smallest absolute Gasteiger partial charge is 0.0316 e. The molecule has 0 heterocycles. The van der Waals surface area contributed by atoms with Crippen molar-refractivity contribution in [2.45, 2.75) is 58.3 Å². The highest BCUT2D eigenvalue weighted by atomic mass is 14.1. The third-order valence-electron chi connectivity index (χ3n) is 2.71. The van der Waals surface area contributed by atoms with Gasteiger partial charge in [0.25, 0.3) is 0 Å². The molecule has 14 heavy (non-hydrogen) atoms. The minimum atomic E-state index is 0.888. The first-order valence-electron chi connectivity index (χ1n) is 6.08. The molecule has 0 bridgehead atoms. The molecule has 0 aromatic carbocycles. The topological polar surface area (TPSA) is 0 Å². The SMILES string of the molecule is [CH2]C=CCC(CCCC)CCCC[CH2]. The Bertz CT molecular complexity index is 124. The van der Waals surface area contributed by atoms with Crippen LogP contribution in [0.4, 0.5) is 0 Å². The molecule has 0 saturated carbocycles. The van der Waals surface area contributed by atoms with E-state index in [2.05, 4.69) is 26.8 Å². The predicted molar refractivity (Wildman–Crippen MR) is 66.0 cm³/mol. The normalized spacial score (nSPS) is 13.6. The second-order valence-corrected chi connectivity index (χ2v) is 4.06. The van der Waals surface area contributed by atoms with Crippen LogP contribution in [-0.4, -0.2) is 0 Å². The zero-order valence-electron chi connectivity index (χ0n) is 9.80. The average molecular weight is 194 g/mol. The Morgan fingerprint density at radius 2 is 1.86 bits per heavy atom. The van der Waals surface area contributed by atoms with E-state index < -0.39 is 0 Å². The van der Waals surface area contributed by atoms with E-state index in [-0.39, 0.29) is 0 Å². The molecule has 1 unspecified atom stereocenters. The molecule has 0 aliphatic rings. The van der Waals surface area contributed by atoms with Crippen molar-refractivity contribution >= 4 is 0 Å². The molecule has 0 nitrogen and oxygen atoms in total. The first kappa shape index (κ1) is 13.7. The minimum absolute atomic E-state index is 0.888. The molecule has 1 atom stereocenters. The zero-order valence-corrected chi connectivity index (χ0v) is 9.80. The van der Waals surface area contributed by atoms with Crippen LogP contribution in [-0.2, 0) is 0 Å². The van der Waals surface area contributed by atoms with Gasteiger partial charge in [-0.25, -0.2) is 0 Å². The van der Waals surface area contributed by atoms with Crippen molar-refractivity contribution < 1.29 is 0 Å². The van der Waals surface area contributed by atoms with Gasteiger partial charge in [0.15, 0.2) is 0 Å². The second-order valence-electron chi connectivity index (χ2n) is 4.06. The van der Waals surface area contributed by atoms with Crippen LogP contribution in [0, 0.1) is 19.8 Å². The number of rotatable bonds is 9. The fourth-order valence-corrected chi connectivity index (χ4v) is 1.77. The molecule has 0 heteroatoms. The minimum Gasteiger partial charge on any atom is -0.0883 e. The van der Waals surface area contributed by atoms with E-state index in [1.165, 1.54) is 44.9 Å². The molecule has 0 spiro atoms. The largest absolute Gasteiger partial charge is 0.0883 e. The highest BCUT2D eigenvalue weighted by molar-refractivity contribution is 4.85. The van der Waals surface area contributed by atoms with Gasteiger partial charge in [0, 0.05) is 0 Å². The Morgan fingerprint density at radius 3 is 2.43 bits per heavy atom. The fourth-order valence-electron chi connectivity index (χ4n) is 1.77. The molecule has 82 valence electrons. The van der Waals surface area contributed by atoms with Gasteiger partial charge in [-0.05, 0) is 19.3 Å². The van der Waals surface area contributed by atoms with Crippen LogP contribution in [0.25, 0.3) is 0 Å². The lowest BCUT2D eigenvalue weighted by molar-refractivity contribution is 0.420. The average Bonchev–Trinajstić information content (AvgIpc) is 2.21. The number of hydrogen-bond acceptors (Lipinski definition) is 0. The Labute approximate surface area is 90.8 Å². The Balaban J connectivity index is 3.60. The third kappa shape index (κ3) is 8.34. The number of unbranched alkanes of at least 4 members (excludes halogenated alkanes) is 3. The molecule has 0 N–H and O–H groups in total. The molecule has 0 saturated heterocycles. The highest BCUT2D eigenvalue weighted by Gasteiger charge is 2.05. The van der Waals surface area contributed by atoms with Crippen molar-refractivity contribution in [2.24, 2.45) is 5.92 Å². The molecule has 0 amide bonds. The van der Waals surface area contributed by atoms with Gasteiger partial charge in [-0.1, -0.05) is 70.9 Å². The third-order valence-corrected chi connectivity index (χ3v) is 2.71. The van der Waals surface area contributed by atoms with E-state index in [9.17, 15) is 0 Å². The quantitative estimate of drug-likeness (QED) is 0.455. The summed E-state index contributed by atoms with van der Waals surface area (Å²) in [5, 5.41) is 0. The summed E-state index contributed by atoms with van der Waals surface area (Å²) in [6.07, 6.45) is 14.6.